The molecule has 0 atom stereocenters. The highest BCUT2D eigenvalue weighted by Gasteiger charge is 2.20. The second kappa shape index (κ2) is 6.29. The summed E-state index contributed by atoms with van der Waals surface area (Å²) < 4.78 is 7.14. The average Bonchev–Trinajstić information content (AvgIpc) is 3.18. The lowest BCUT2D eigenvalue weighted by molar-refractivity contribution is 0.305. The van der Waals surface area contributed by atoms with Crippen LogP contribution in [0.15, 0.2) is 34.1 Å². The summed E-state index contributed by atoms with van der Waals surface area (Å²) in [6.45, 7) is 3.64. The van der Waals surface area contributed by atoms with Crippen LogP contribution >= 0.6 is 27.3 Å². The Balaban J connectivity index is 1.68. The zero-order valence-corrected chi connectivity index (χ0v) is 13.9. The lowest BCUT2D eigenvalue weighted by atomic mass is 10.1. The maximum absolute atomic E-state index is 6.01. The molecule has 0 saturated heterocycles. The van der Waals surface area contributed by atoms with Crippen molar-refractivity contribution < 1.29 is 4.74 Å². The summed E-state index contributed by atoms with van der Waals surface area (Å²) in [5, 5.41) is 5.64. The molecular weight excluding hydrogens is 334 g/mol. The van der Waals surface area contributed by atoms with Gasteiger partial charge in [-0.25, -0.2) is 0 Å². The van der Waals surface area contributed by atoms with Gasteiger partial charge in [0, 0.05) is 22.6 Å². The highest BCUT2D eigenvalue weighted by Crippen LogP contribution is 2.27. The van der Waals surface area contributed by atoms with Crippen LogP contribution in [0.1, 0.15) is 28.8 Å². The SMILES string of the molecule is Cc1ccc(OCc2sccc2Br)c(CNC2CC2)c1. The van der Waals surface area contributed by atoms with Gasteiger partial charge in [-0.3, -0.25) is 0 Å². The number of ether oxygens (including phenoxy) is 1. The van der Waals surface area contributed by atoms with Crippen molar-refractivity contribution in [3.8, 4) is 5.75 Å². The Morgan fingerprint density at radius 1 is 1.35 bits per heavy atom. The van der Waals surface area contributed by atoms with Crippen LogP contribution in [0.4, 0.5) is 0 Å². The van der Waals surface area contributed by atoms with Gasteiger partial charge in [-0.05, 0) is 53.2 Å². The van der Waals surface area contributed by atoms with Gasteiger partial charge in [0.2, 0.25) is 0 Å². The summed E-state index contributed by atoms with van der Waals surface area (Å²) in [5.74, 6) is 0.990. The van der Waals surface area contributed by atoms with E-state index in [-0.39, 0.29) is 0 Å². The fourth-order valence-electron chi connectivity index (χ4n) is 2.10. The average molecular weight is 352 g/mol. The molecule has 1 aliphatic rings. The topological polar surface area (TPSA) is 21.3 Å². The molecule has 0 bridgehead atoms. The van der Waals surface area contributed by atoms with Gasteiger partial charge in [-0.15, -0.1) is 11.3 Å². The maximum atomic E-state index is 6.01. The third kappa shape index (κ3) is 3.62. The van der Waals surface area contributed by atoms with Crippen molar-refractivity contribution in [1.29, 1.82) is 0 Å². The first-order chi connectivity index (χ1) is 9.72. The van der Waals surface area contributed by atoms with Crippen molar-refractivity contribution in [1.82, 2.24) is 5.32 Å². The molecule has 3 rings (SSSR count). The molecule has 1 heterocycles. The van der Waals surface area contributed by atoms with Crippen molar-refractivity contribution in [2.75, 3.05) is 0 Å². The smallest absolute Gasteiger partial charge is 0.124 e. The molecule has 1 saturated carbocycles. The van der Waals surface area contributed by atoms with Gasteiger partial charge >= 0.3 is 0 Å². The molecule has 1 aromatic carbocycles. The summed E-state index contributed by atoms with van der Waals surface area (Å²) in [6, 6.07) is 9.19. The number of thiophene rings is 1. The van der Waals surface area contributed by atoms with E-state index in [1.54, 1.807) is 11.3 Å². The minimum atomic E-state index is 0.623. The van der Waals surface area contributed by atoms with Gasteiger partial charge in [0.25, 0.3) is 0 Å². The van der Waals surface area contributed by atoms with Gasteiger partial charge in [-0.2, -0.15) is 0 Å². The predicted molar refractivity (Wildman–Crippen MR) is 87.4 cm³/mol. The Morgan fingerprint density at radius 2 is 2.20 bits per heavy atom. The number of halogens is 1. The van der Waals surface area contributed by atoms with Gasteiger partial charge < -0.3 is 10.1 Å². The summed E-state index contributed by atoms with van der Waals surface area (Å²) in [5.41, 5.74) is 2.53. The fraction of sp³-hybridized carbons (Fsp3) is 0.375. The predicted octanol–water partition coefficient (Wildman–Crippen LogP) is 4.65. The summed E-state index contributed by atoms with van der Waals surface area (Å²) in [7, 11) is 0. The van der Waals surface area contributed by atoms with E-state index in [1.807, 2.05) is 0 Å². The van der Waals surface area contributed by atoms with Gasteiger partial charge in [0.1, 0.15) is 12.4 Å². The summed E-state index contributed by atoms with van der Waals surface area (Å²) >= 11 is 5.26. The van der Waals surface area contributed by atoms with Crippen molar-refractivity contribution in [2.24, 2.45) is 0 Å². The second-order valence-corrected chi connectivity index (χ2v) is 7.10. The zero-order valence-electron chi connectivity index (χ0n) is 11.5. The van der Waals surface area contributed by atoms with Crippen LogP contribution in [0.2, 0.25) is 0 Å². The molecule has 1 N–H and O–H groups in total. The van der Waals surface area contributed by atoms with E-state index in [0.29, 0.717) is 6.61 Å². The fourth-order valence-corrected chi connectivity index (χ4v) is 3.48. The minimum Gasteiger partial charge on any atom is -0.488 e. The lowest BCUT2D eigenvalue weighted by Crippen LogP contribution is -2.16. The number of benzene rings is 1. The zero-order chi connectivity index (χ0) is 13.9. The standard InChI is InChI=1S/C16H18BrNOS/c1-11-2-5-15(12(8-11)9-18-13-3-4-13)19-10-16-14(17)6-7-20-16/h2,5-8,13,18H,3-4,9-10H2,1H3. The van der Waals surface area contributed by atoms with Crippen molar-refractivity contribution >= 4 is 27.3 Å². The van der Waals surface area contributed by atoms with Gasteiger partial charge in [0.15, 0.2) is 0 Å². The molecule has 0 amide bonds. The van der Waals surface area contributed by atoms with Crippen molar-refractivity contribution in [3.63, 3.8) is 0 Å². The molecule has 0 spiro atoms. The van der Waals surface area contributed by atoms with Crippen molar-refractivity contribution in [3.05, 3.63) is 50.1 Å². The Kier molecular flexibility index (Phi) is 4.44. The summed E-state index contributed by atoms with van der Waals surface area (Å²) in [4.78, 5) is 1.23. The molecule has 0 radical (unpaired) electrons. The van der Waals surface area contributed by atoms with Crippen LogP contribution < -0.4 is 10.1 Å². The van der Waals surface area contributed by atoms with Crippen LogP contribution in [0.25, 0.3) is 0 Å². The van der Waals surface area contributed by atoms with Crippen LogP contribution in [-0.2, 0) is 13.2 Å². The largest absolute Gasteiger partial charge is 0.488 e. The number of nitrogens with one attached hydrogen (secondary N) is 1. The normalized spacial score (nSPS) is 14.5. The number of hydrogen-bond donors (Lipinski definition) is 1. The first kappa shape index (κ1) is 14.1. The molecule has 1 aliphatic carbocycles. The Labute approximate surface area is 132 Å². The first-order valence-electron chi connectivity index (χ1n) is 6.90. The van der Waals surface area contributed by atoms with Crippen LogP contribution in [0, 0.1) is 6.92 Å². The molecule has 4 heteroatoms. The first-order valence-corrected chi connectivity index (χ1v) is 8.57. The van der Waals surface area contributed by atoms with E-state index in [0.717, 1.165) is 22.8 Å². The van der Waals surface area contributed by atoms with Gasteiger partial charge in [0.05, 0.1) is 4.88 Å². The molecule has 2 aromatic rings. The maximum Gasteiger partial charge on any atom is 0.124 e. The van der Waals surface area contributed by atoms with Crippen LogP contribution in [0.3, 0.4) is 0 Å². The third-order valence-electron chi connectivity index (χ3n) is 3.42. The Bertz CT molecular complexity index is 592. The molecule has 2 nitrogen and oxygen atoms in total. The van der Waals surface area contributed by atoms with Crippen LogP contribution in [-0.4, -0.2) is 6.04 Å². The number of rotatable bonds is 6. The second-order valence-electron chi connectivity index (χ2n) is 5.25. The summed E-state index contributed by atoms with van der Waals surface area (Å²) in [6.07, 6.45) is 2.62. The quantitative estimate of drug-likeness (QED) is 0.817. The molecule has 1 aromatic heterocycles. The molecule has 0 unspecified atom stereocenters. The molecule has 0 aliphatic heterocycles. The molecule has 106 valence electrons. The van der Waals surface area contributed by atoms with Crippen molar-refractivity contribution in [2.45, 2.75) is 39.0 Å². The van der Waals surface area contributed by atoms with E-state index in [2.05, 4.69) is 57.8 Å². The van der Waals surface area contributed by atoms with E-state index in [1.165, 1.54) is 28.8 Å². The van der Waals surface area contributed by atoms with E-state index >= 15 is 0 Å². The van der Waals surface area contributed by atoms with E-state index < -0.39 is 0 Å². The number of hydrogen-bond acceptors (Lipinski definition) is 3. The highest BCUT2D eigenvalue weighted by atomic mass is 79.9. The van der Waals surface area contributed by atoms with Crippen LogP contribution in [0.5, 0.6) is 5.75 Å². The highest BCUT2D eigenvalue weighted by molar-refractivity contribution is 9.10. The number of aryl methyl sites for hydroxylation is 1. The lowest BCUT2D eigenvalue weighted by Gasteiger charge is -2.13. The Hall–Kier alpha value is -0.840. The monoisotopic (exact) mass is 351 g/mol. The molecule has 20 heavy (non-hydrogen) atoms. The molecular formula is C16H18BrNOS. The van der Waals surface area contributed by atoms with Gasteiger partial charge in [-0.1, -0.05) is 17.7 Å². The van der Waals surface area contributed by atoms with E-state index in [4.69, 9.17) is 4.74 Å². The van der Waals surface area contributed by atoms with E-state index in [9.17, 15) is 0 Å². The Morgan fingerprint density at radius 3 is 2.90 bits per heavy atom. The molecule has 1 fully saturated rings. The third-order valence-corrected chi connectivity index (χ3v) is 5.32. The minimum absolute atomic E-state index is 0.623.